The Labute approximate surface area is 115 Å². The van der Waals surface area contributed by atoms with Crippen molar-refractivity contribution in [1.29, 1.82) is 0 Å². The summed E-state index contributed by atoms with van der Waals surface area (Å²) < 4.78 is 11.1. The van der Waals surface area contributed by atoms with Crippen LogP contribution in [0.1, 0.15) is 0 Å². The molecule has 2 aromatic carbocycles. The molecule has 0 radical (unpaired) electrons. The number of nitrogens with zero attached hydrogens (tertiary/aromatic N) is 3. The second-order valence-corrected chi connectivity index (χ2v) is 3.94. The molecule has 0 N–H and O–H groups in total. The van der Waals surface area contributed by atoms with Crippen molar-refractivity contribution in [2.24, 2.45) is 0 Å². The predicted molar refractivity (Wildman–Crippen MR) is 72.9 cm³/mol. The van der Waals surface area contributed by atoms with Crippen LogP contribution < -0.4 is 9.47 Å². The third kappa shape index (κ3) is 3.08. The highest BCUT2D eigenvalue weighted by molar-refractivity contribution is 5.30. The molecular formula is C15H11N3O2. The van der Waals surface area contributed by atoms with Gasteiger partial charge in [0.1, 0.15) is 11.5 Å². The van der Waals surface area contributed by atoms with Crippen LogP contribution in [-0.4, -0.2) is 15.4 Å². The average Bonchev–Trinajstić information content (AvgIpc) is 2.50. The van der Waals surface area contributed by atoms with Gasteiger partial charge in [0.25, 0.3) is 0 Å². The maximum Gasteiger partial charge on any atom is 0.246 e. The third-order valence-corrected chi connectivity index (χ3v) is 2.46. The molecule has 5 nitrogen and oxygen atoms in total. The van der Waals surface area contributed by atoms with Crippen LogP contribution in [0.25, 0.3) is 0 Å². The summed E-state index contributed by atoms with van der Waals surface area (Å²) in [6.45, 7) is 0. The molecule has 0 atom stereocenters. The van der Waals surface area contributed by atoms with Crippen LogP contribution in [0, 0.1) is 0 Å². The van der Waals surface area contributed by atoms with Crippen LogP contribution in [0.5, 0.6) is 23.3 Å². The lowest BCUT2D eigenvalue weighted by Crippen LogP contribution is -1.96. The lowest BCUT2D eigenvalue weighted by Gasteiger charge is -2.05. The smallest absolute Gasteiger partial charge is 0.246 e. The molecule has 0 bridgehead atoms. The molecule has 3 rings (SSSR count). The number of hydrogen-bond acceptors (Lipinski definition) is 5. The molecule has 0 saturated heterocycles. The summed E-state index contributed by atoms with van der Waals surface area (Å²) in [5, 5.41) is 11.3. The first-order valence-corrected chi connectivity index (χ1v) is 6.06. The normalized spacial score (nSPS) is 10.0. The van der Waals surface area contributed by atoms with Crippen LogP contribution in [0.2, 0.25) is 0 Å². The lowest BCUT2D eigenvalue weighted by atomic mass is 10.3. The Morgan fingerprint density at radius 3 is 1.50 bits per heavy atom. The van der Waals surface area contributed by atoms with Crippen molar-refractivity contribution >= 4 is 0 Å². The standard InChI is InChI=1S/C15H11N3O2/c1-3-7-12(8-4-1)19-14-11-15(17-18-16-14)20-13-9-5-2-6-10-13/h1-11H. The molecule has 0 spiro atoms. The number of aromatic nitrogens is 3. The highest BCUT2D eigenvalue weighted by atomic mass is 16.5. The first-order valence-electron chi connectivity index (χ1n) is 6.06. The molecule has 3 aromatic rings. The summed E-state index contributed by atoms with van der Waals surface area (Å²) in [5.41, 5.74) is 0. The molecule has 0 amide bonds. The van der Waals surface area contributed by atoms with Crippen LogP contribution in [-0.2, 0) is 0 Å². The molecule has 98 valence electrons. The molecular weight excluding hydrogens is 254 g/mol. The predicted octanol–water partition coefficient (Wildman–Crippen LogP) is 3.46. The second kappa shape index (κ2) is 5.79. The van der Waals surface area contributed by atoms with Gasteiger partial charge in [-0.1, -0.05) is 46.6 Å². The minimum Gasteiger partial charge on any atom is -0.437 e. The van der Waals surface area contributed by atoms with Gasteiger partial charge in [0.15, 0.2) is 0 Å². The van der Waals surface area contributed by atoms with Gasteiger partial charge in [0.05, 0.1) is 6.07 Å². The molecule has 0 aliphatic carbocycles. The van der Waals surface area contributed by atoms with Crippen molar-refractivity contribution in [3.8, 4) is 23.3 Å². The molecule has 0 unspecified atom stereocenters. The second-order valence-electron chi connectivity index (χ2n) is 3.94. The van der Waals surface area contributed by atoms with Crippen LogP contribution in [0.3, 0.4) is 0 Å². The third-order valence-electron chi connectivity index (χ3n) is 2.46. The maximum atomic E-state index is 5.56. The topological polar surface area (TPSA) is 57.1 Å². The van der Waals surface area contributed by atoms with Crippen molar-refractivity contribution in [2.75, 3.05) is 0 Å². The summed E-state index contributed by atoms with van der Waals surface area (Å²) in [7, 11) is 0. The van der Waals surface area contributed by atoms with Crippen molar-refractivity contribution in [2.45, 2.75) is 0 Å². The van der Waals surface area contributed by atoms with Gasteiger partial charge in [-0.05, 0) is 29.5 Å². The quantitative estimate of drug-likeness (QED) is 0.723. The Morgan fingerprint density at radius 1 is 0.600 bits per heavy atom. The number of benzene rings is 2. The van der Waals surface area contributed by atoms with Gasteiger partial charge in [0.2, 0.25) is 11.8 Å². The van der Waals surface area contributed by atoms with E-state index in [9.17, 15) is 0 Å². The van der Waals surface area contributed by atoms with E-state index in [2.05, 4.69) is 15.4 Å². The molecule has 0 aliphatic heterocycles. The number of hydrogen-bond donors (Lipinski definition) is 0. The van der Waals surface area contributed by atoms with Crippen molar-refractivity contribution in [3.05, 3.63) is 66.7 Å². The van der Waals surface area contributed by atoms with E-state index in [1.807, 2.05) is 60.7 Å². The summed E-state index contributed by atoms with van der Waals surface area (Å²) >= 11 is 0. The van der Waals surface area contributed by atoms with E-state index in [1.54, 1.807) is 6.07 Å². The van der Waals surface area contributed by atoms with Gasteiger partial charge in [0, 0.05) is 0 Å². The van der Waals surface area contributed by atoms with Gasteiger partial charge in [-0.25, -0.2) is 0 Å². The Balaban J connectivity index is 1.76. The SMILES string of the molecule is c1ccc(Oc2cc(Oc3ccccc3)nnn2)cc1. The number of ether oxygens (including phenoxy) is 2. The summed E-state index contributed by atoms with van der Waals surface area (Å²) in [6, 6.07) is 20.3. The van der Waals surface area contributed by atoms with Gasteiger partial charge < -0.3 is 9.47 Å². The highest BCUT2D eigenvalue weighted by Crippen LogP contribution is 2.23. The minimum atomic E-state index is 0.331. The zero-order chi connectivity index (χ0) is 13.6. The largest absolute Gasteiger partial charge is 0.437 e. The number of rotatable bonds is 4. The Hall–Kier alpha value is -2.95. The van der Waals surface area contributed by atoms with Crippen LogP contribution in [0.15, 0.2) is 66.7 Å². The van der Waals surface area contributed by atoms with E-state index in [0.717, 1.165) is 0 Å². The fourth-order valence-corrected chi connectivity index (χ4v) is 1.59. The van der Waals surface area contributed by atoms with Gasteiger partial charge in [-0.15, -0.1) is 0 Å². The molecule has 0 saturated carbocycles. The first kappa shape index (κ1) is 12.1. The van der Waals surface area contributed by atoms with E-state index < -0.39 is 0 Å². The fraction of sp³-hybridized carbons (Fsp3) is 0. The van der Waals surface area contributed by atoms with Gasteiger partial charge >= 0.3 is 0 Å². The summed E-state index contributed by atoms with van der Waals surface area (Å²) in [5.74, 6) is 2.02. The van der Waals surface area contributed by atoms with E-state index in [0.29, 0.717) is 23.3 Å². The monoisotopic (exact) mass is 265 g/mol. The average molecular weight is 265 g/mol. The van der Waals surface area contributed by atoms with Crippen molar-refractivity contribution in [3.63, 3.8) is 0 Å². The molecule has 0 aliphatic rings. The zero-order valence-corrected chi connectivity index (χ0v) is 10.5. The maximum absolute atomic E-state index is 5.56. The van der Waals surface area contributed by atoms with E-state index in [-0.39, 0.29) is 0 Å². The molecule has 20 heavy (non-hydrogen) atoms. The molecule has 5 heteroatoms. The molecule has 1 heterocycles. The van der Waals surface area contributed by atoms with Gasteiger partial charge in [-0.2, -0.15) is 0 Å². The molecule has 0 fully saturated rings. The Bertz CT molecular complexity index is 618. The van der Waals surface area contributed by atoms with E-state index in [1.165, 1.54) is 0 Å². The van der Waals surface area contributed by atoms with E-state index >= 15 is 0 Å². The Morgan fingerprint density at radius 2 is 1.05 bits per heavy atom. The summed E-state index contributed by atoms with van der Waals surface area (Å²) in [4.78, 5) is 0. The lowest BCUT2D eigenvalue weighted by molar-refractivity contribution is 0.416. The first-order chi connectivity index (χ1) is 9.90. The van der Waals surface area contributed by atoms with Gasteiger partial charge in [-0.3, -0.25) is 0 Å². The highest BCUT2D eigenvalue weighted by Gasteiger charge is 2.04. The number of para-hydroxylation sites is 2. The Kier molecular flexibility index (Phi) is 3.51. The summed E-state index contributed by atoms with van der Waals surface area (Å²) in [6.07, 6.45) is 0. The van der Waals surface area contributed by atoms with E-state index in [4.69, 9.17) is 9.47 Å². The van der Waals surface area contributed by atoms with Crippen molar-refractivity contribution < 1.29 is 9.47 Å². The minimum absolute atomic E-state index is 0.331. The van der Waals surface area contributed by atoms with Crippen molar-refractivity contribution in [1.82, 2.24) is 15.4 Å². The van der Waals surface area contributed by atoms with Crippen LogP contribution >= 0.6 is 0 Å². The molecule has 1 aromatic heterocycles. The zero-order valence-electron chi connectivity index (χ0n) is 10.5. The fourth-order valence-electron chi connectivity index (χ4n) is 1.59. The van der Waals surface area contributed by atoms with Crippen LogP contribution in [0.4, 0.5) is 0 Å².